The highest BCUT2D eigenvalue weighted by Crippen LogP contribution is 2.16. The van der Waals surface area contributed by atoms with Gasteiger partial charge in [0.15, 0.2) is 11.2 Å². The van der Waals surface area contributed by atoms with Gasteiger partial charge in [-0.3, -0.25) is 23.1 Å². The predicted molar refractivity (Wildman–Crippen MR) is 91.9 cm³/mol. The molecule has 25 heavy (non-hydrogen) atoms. The predicted octanol–water partition coefficient (Wildman–Crippen LogP) is 0.431. The van der Waals surface area contributed by atoms with Crippen LogP contribution in [0.2, 0.25) is 0 Å². The van der Waals surface area contributed by atoms with Gasteiger partial charge in [-0.1, -0.05) is 13.3 Å². The number of aryl methyl sites for hydroxylation is 2. The zero-order chi connectivity index (χ0) is 18.3. The minimum Gasteiger partial charge on any atom is -0.468 e. The number of nitrogens with zero attached hydrogens (tertiary/aromatic N) is 5. The van der Waals surface area contributed by atoms with E-state index in [4.69, 9.17) is 4.74 Å². The standard InChI is InChI=1S/C16H21N5O4/c1-5-6-7-19-14(23)12-13(18(3)16(19)24)17-15-20(9-11(22)25-4)10(2)8-21(12)15/h8H,5-7,9H2,1-4H3. The van der Waals surface area contributed by atoms with Gasteiger partial charge in [-0.05, 0) is 13.3 Å². The molecular weight excluding hydrogens is 326 g/mol. The van der Waals surface area contributed by atoms with Gasteiger partial charge in [0.2, 0.25) is 5.78 Å². The molecule has 0 N–H and O–H groups in total. The first-order valence-corrected chi connectivity index (χ1v) is 8.15. The summed E-state index contributed by atoms with van der Waals surface area (Å²) in [5.41, 5.74) is 0.650. The van der Waals surface area contributed by atoms with Crippen molar-refractivity contribution in [3.8, 4) is 0 Å². The summed E-state index contributed by atoms with van der Waals surface area (Å²) in [6.45, 7) is 4.18. The fourth-order valence-corrected chi connectivity index (χ4v) is 2.96. The Morgan fingerprint density at radius 1 is 1.28 bits per heavy atom. The third-order valence-electron chi connectivity index (χ3n) is 4.39. The van der Waals surface area contributed by atoms with Crippen molar-refractivity contribution >= 4 is 22.9 Å². The second-order valence-corrected chi connectivity index (χ2v) is 6.04. The lowest BCUT2D eigenvalue weighted by molar-refractivity contribution is -0.141. The van der Waals surface area contributed by atoms with E-state index < -0.39 is 5.97 Å². The summed E-state index contributed by atoms with van der Waals surface area (Å²) in [6.07, 6.45) is 3.36. The van der Waals surface area contributed by atoms with Crippen molar-refractivity contribution in [1.29, 1.82) is 0 Å². The molecule has 9 nitrogen and oxygen atoms in total. The summed E-state index contributed by atoms with van der Waals surface area (Å²) in [5, 5.41) is 0. The van der Waals surface area contributed by atoms with Gasteiger partial charge >= 0.3 is 11.7 Å². The Hall–Kier alpha value is -2.84. The van der Waals surface area contributed by atoms with Gasteiger partial charge in [0.1, 0.15) is 6.54 Å². The molecule has 3 rings (SSSR count). The van der Waals surface area contributed by atoms with Gasteiger partial charge in [-0.25, -0.2) is 4.79 Å². The fraction of sp³-hybridized carbons (Fsp3) is 0.500. The number of esters is 1. The van der Waals surface area contributed by atoms with Crippen molar-refractivity contribution < 1.29 is 9.53 Å². The maximum Gasteiger partial charge on any atom is 0.332 e. The number of carbonyl (C=O) groups is 1. The quantitative estimate of drug-likeness (QED) is 0.624. The lowest BCUT2D eigenvalue weighted by atomic mass is 10.3. The van der Waals surface area contributed by atoms with E-state index in [-0.39, 0.29) is 17.8 Å². The van der Waals surface area contributed by atoms with Crippen LogP contribution < -0.4 is 11.2 Å². The summed E-state index contributed by atoms with van der Waals surface area (Å²) in [4.78, 5) is 41.4. The van der Waals surface area contributed by atoms with E-state index in [0.717, 1.165) is 18.5 Å². The Labute approximate surface area is 143 Å². The van der Waals surface area contributed by atoms with Crippen LogP contribution in [0.15, 0.2) is 15.8 Å². The van der Waals surface area contributed by atoms with E-state index in [2.05, 4.69) is 4.98 Å². The van der Waals surface area contributed by atoms with Crippen LogP contribution in [-0.4, -0.2) is 36.2 Å². The van der Waals surface area contributed by atoms with Gasteiger partial charge in [-0.2, -0.15) is 4.98 Å². The number of ether oxygens (including phenoxy) is 1. The van der Waals surface area contributed by atoms with Crippen molar-refractivity contribution in [3.05, 3.63) is 32.7 Å². The van der Waals surface area contributed by atoms with E-state index in [1.165, 1.54) is 16.2 Å². The van der Waals surface area contributed by atoms with E-state index in [9.17, 15) is 14.4 Å². The molecule has 0 unspecified atom stereocenters. The Balaban J connectivity index is 2.34. The van der Waals surface area contributed by atoms with Gasteiger partial charge < -0.3 is 9.30 Å². The number of aromatic nitrogens is 5. The topological polar surface area (TPSA) is 92.5 Å². The largest absolute Gasteiger partial charge is 0.468 e. The highest BCUT2D eigenvalue weighted by molar-refractivity contribution is 5.77. The molecule has 9 heteroatoms. The van der Waals surface area contributed by atoms with Crippen LogP contribution >= 0.6 is 0 Å². The first-order valence-electron chi connectivity index (χ1n) is 8.15. The minimum absolute atomic E-state index is 0.0138. The lowest BCUT2D eigenvalue weighted by Gasteiger charge is -2.07. The van der Waals surface area contributed by atoms with Crippen molar-refractivity contribution in [2.24, 2.45) is 7.05 Å². The summed E-state index contributed by atoms with van der Waals surface area (Å²) < 4.78 is 10.6. The molecule has 3 aromatic rings. The van der Waals surface area contributed by atoms with Crippen LogP contribution in [0.3, 0.4) is 0 Å². The molecule has 0 aromatic carbocycles. The molecule has 0 fully saturated rings. The zero-order valence-corrected chi connectivity index (χ0v) is 14.8. The summed E-state index contributed by atoms with van der Waals surface area (Å²) >= 11 is 0. The number of rotatable bonds is 5. The van der Waals surface area contributed by atoms with Crippen LogP contribution in [0.5, 0.6) is 0 Å². The van der Waals surface area contributed by atoms with E-state index in [1.54, 1.807) is 22.2 Å². The molecule has 0 aliphatic carbocycles. The smallest absolute Gasteiger partial charge is 0.332 e. The first-order chi connectivity index (χ1) is 11.9. The fourth-order valence-electron chi connectivity index (χ4n) is 2.96. The first kappa shape index (κ1) is 17.0. The Morgan fingerprint density at radius 2 is 2.00 bits per heavy atom. The van der Waals surface area contributed by atoms with Crippen molar-refractivity contribution in [2.75, 3.05) is 7.11 Å². The SMILES string of the molecule is CCCCn1c(=O)c2c(nc3n(CC(=O)OC)c(C)cn23)n(C)c1=O. The number of fused-ring (bicyclic) bond motifs is 3. The molecule has 0 spiro atoms. The molecule has 0 bridgehead atoms. The third-order valence-corrected chi connectivity index (χ3v) is 4.39. The second kappa shape index (κ2) is 6.23. The Morgan fingerprint density at radius 3 is 2.64 bits per heavy atom. The third kappa shape index (κ3) is 2.55. The van der Waals surface area contributed by atoms with E-state index in [1.807, 2.05) is 13.8 Å². The van der Waals surface area contributed by atoms with Crippen LogP contribution in [0.25, 0.3) is 16.9 Å². The molecule has 0 aliphatic heterocycles. The minimum atomic E-state index is -0.414. The van der Waals surface area contributed by atoms with Crippen molar-refractivity contribution in [1.82, 2.24) is 23.1 Å². The maximum absolute atomic E-state index is 12.9. The van der Waals surface area contributed by atoms with Gasteiger partial charge in [0.25, 0.3) is 5.56 Å². The Bertz CT molecular complexity index is 1080. The molecule has 0 saturated carbocycles. The number of unbranched alkanes of at least 4 members (excludes halogenated alkanes) is 1. The van der Waals surface area contributed by atoms with Crippen LogP contribution in [0.1, 0.15) is 25.5 Å². The van der Waals surface area contributed by atoms with Crippen LogP contribution in [-0.2, 0) is 29.7 Å². The number of imidazole rings is 2. The molecular formula is C16H21N5O4. The summed E-state index contributed by atoms with van der Waals surface area (Å²) in [7, 11) is 2.91. The molecule has 0 amide bonds. The van der Waals surface area contributed by atoms with Crippen LogP contribution in [0.4, 0.5) is 0 Å². The molecule has 134 valence electrons. The second-order valence-electron chi connectivity index (χ2n) is 6.04. The normalized spacial score (nSPS) is 11.5. The Kier molecular flexibility index (Phi) is 4.23. The van der Waals surface area contributed by atoms with Crippen molar-refractivity contribution in [3.63, 3.8) is 0 Å². The summed E-state index contributed by atoms with van der Waals surface area (Å²) in [5.74, 6) is 0.0146. The van der Waals surface area contributed by atoms with Crippen molar-refractivity contribution in [2.45, 2.75) is 39.8 Å². The summed E-state index contributed by atoms with van der Waals surface area (Å²) in [6, 6.07) is 0. The number of carbonyl (C=O) groups excluding carboxylic acids is 1. The maximum atomic E-state index is 12.9. The molecule has 0 aliphatic rings. The van der Waals surface area contributed by atoms with E-state index >= 15 is 0 Å². The number of hydrogen-bond acceptors (Lipinski definition) is 5. The number of methoxy groups -OCH3 is 1. The molecule has 0 saturated heterocycles. The van der Waals surface area contributed by atoms with Gasteiger partial charge in [-0.15, -0.1) is 0 Å². The number of hydrogen-bond donors (Lipinski definition) is 0. The highest BCUT2D eigenvalue weighted by atomic mass is 16.5. The van der Waals surface area contributed by atoms with Gasteiger partial charge in [0, 0.05) is 25.5 Å². The molecule has 3 heterocycles. The van der Waals surface area contributed by atoms with Gasteiger partial charge in [0.05, 0.1) is 7.11 Å². The lowest BCUT2D eigenvalue weighted by Crippen LogP contribution is -2.39. The average Bonchev–Trinajstić information content (AvgIpc) is 3.09. The monoisotopic (exact) mass is 347 g/mol. The zero-order valence-electron chi connectivity index (χ0n) is 14.8. The van der Waals surface area contributed by atoms with Crippen LogP contribution in [0, 0.1) is 6.92 Å². The molecule has 0 atom stereocenters. The average molecular weight is 347 g/mol. The molecule has 0 radical (unpaired) electrons. The molecule has 3 aromatic heterocycles. The van der Waals surface area contributed by atoms with E-state index in [0.29, 0.717) is 23.5 Å². The highest BCUT2D eigenvalue weighted by Gasteiger charge is 2.20.